The molecule has 0 unspecified atom stereocenters. The van der Waals surface area contributed by atoms with Crippen LogP contribution in [-0.4, -0.2) is 82.9 Å². The Hall–Kier alpha value is -3.31. The Morgan fingerprint density at radius 2 is 1.63 bits per heavy atom. The smallest absolute Gasteiger partial charge is 0.408 e. The number of nitrogens with one attached hydrogen (secondary N) is 1. The molecule has 4 rings (SSSR count). The maximum Gasteiger partial charge on any atom is 0.408 e. The number of para-hydroxylation sites is 2. The van der Waals surface area contributed by atoms with Gasteiger partial charge in [0.1, 0.15) is 17.9 Å². The molecule has 35 heavy (non-hydrogen) atoms. The summed E-state index contributed by atoms with van der Waals surface area (Å²) in [7, 11) is 0. The molecule has 0 aliphatic carbocycles. The molecule has 2 aromatic rings. The fourth-order valence-electron chi connectivity index (χ4n) is 4.69. The van der Waals surface area contributed by atoms with Crippen LogP contribution in [0.25, 0.3) is 0 Å². The van der Waals surface area contributed by atoms with Crippen LogP contribution in [0.4, 0.5) is 10.5 Å². The molecule has 2 fully saturated rings. The molecule has 0 saturated carbocycles. The van der Waals surface area contributed by atoms with Gasteiger partial charge in [-0.3, -0.25) is 19.7 Å². The summed E-state index contributed by atoms with van der Waals surface area (Å²) in [4.78, 5) is 43.1. The topological polar surface area (TPSA) is 123 Å². The Labute approximate surface area is 211 Å². The van der Waals surface area contributed by atoms with Gasteiger partial charge in [0.25, 0.3) is 0 Å². The normalized spacial score (nSPS) is 22.5. The lowest BCUT2D eigenvalue weighted by Gasteiger charge is -2.44. The first-order chi connectivity index (χ1) is 16.9. The van der Waals surface area contributed by atoms with Crippen molar-refractivity contribution in [3.63, 3.8) is 0 Å². The predicted molar refractivity (Wildman–Crippen MR) is 130 cm³/mol. The minimum atomic E-state index is -1.33. The molecule has 3 amide bonds. The minimum absolute atomic E-state index is 0.0674. The summed E-state index contributed by atoms with van der Waals surface area (Å²) in [5.41, 5.74) is 2.65. The van der Waals surface area contributed by atoms with Crippen LogP contribution in [-0.2, 0) is 9.59 Å². The van der Waals surface area contributed by atoms with E-state index in [1.165, 1.54) is 0 Å². The number of hydrogen-bond acceptors (Lipinski definition) is 6. The number of carbonyl (C=O) groups excluding carboxylic acids is 2. The number of piperidine rings is 1. The van der Waals surface area contributed by atoms with E-state index in [2.05, 4.69) is 20.8 Å². The van der Waals surface area contributed by atoms with Crippen molar-refractivity contribution in [2.24, 2.45) is 5.92 Å². The fraction of sp³-hybridized carbons (Fsp3) is 0.375. The van der Waals surface area contributed by atoms with Crippen molar-refractivity contribution in [3.8, 4) is 5.75 Å². The number of ether oxygens (including phenoxy) is 1. The highest BCUT2D eigenvalue weighted by atomic mass is 79.9. The van der Waals surface area contributed by atoms with Gasteiger partial charge < -0.3 is 19.6 Å². The molecule has 11 heteroatoms. The molecule has 2 aliphatic rings. The average molecular weight is 547 g/mol. The number of nitrogens with zero attached hydrogens (tertiary/aromatic N) is 3. The number of anilines is 1. The Morgan fingerprint density at radius 3 is 2.26 bits per heavy atom. The molecule has 186 valence electrons. The van der Waals surface area contributed by atoms with Crippen LogP contribution in [0.3, 0.4) is 0 Å². The Morgan fingerprint density at radius 1 is 0.971 bits per heavy atom. The molecule has 2 aliphatic heterocycles. The first-order valence-electron chi connectivity index (χ1n) is 11.3. The van der Waals surface area contributed by atoms with Gasteiger partial charge in [0.15, 0.2) is 0 Å². The van der Waals surface area contributed by atoms with E-state index in [0.717, 1.165) is 10.6 Å². The molecule has 3 N–H and O–H groups in total. The first kappa shape index (κ1) is 24.8. The van der Waals surface area contributed by atoms with E-state index in [-0.39, 0.29) is 13.0 Å². The van der Waals surface area contributed by atoms with E-state index in [9.17, 15) is 24.7 Å². The molecule has 2 saturated heterocycles. The molecule has 0 spiro atoms. The van der Waals surface area contributed by atoms with E-state index in [1.807, 2.05) is 36.4 Å². The minimum Gasteiger partial charge on any atom is -0.487 e. The maximum absolute atomic E-state index is 13.6. The summed E-state index contributed by atoms with van der Waals surface area (Å²) in [5.74, 6) is -1.89. The van der Waals surface area contributed by atoms with Gasteiger partial charge in [-0.15, -0.1) is 0 Å². The van der Waals surface area contributed by atoms with Crippen molar-refractivity contribution in [1.29, 1.82) is 0 Å². The molecule has 0 bridgehead atoms. The van der Waals surface area contributed by atoms with Gasteiger partial charge in [-0.2, -0.15) is 0 Å². The number of carboxylic acid groups (broad SMARTS) is 1. The van der Waals surface area contributed by atoms with Gasteiger partial charge in [0, 0.05) is 38.3 Å². The lowest BCUT2D eigenvalue weighted by molar-refractivity contribution is -0.150. The molecule has 2 heterocycles. The second-order valence-corrected chi connectivity index (χ2v) is 9.37. The number of likely N-dealkylation sites (tertiary alicyclic amines) is 1. The van der Waals surface area contributed by atoms with Crippen LogP contribution in [0.1, 0.15) is 6.42 Å². The predicted octanol–water partition coefficient (Wildman–Crippen LogP) is 2.42. The summed E-state index contributed by atoms with van der Waals surface area (Å²) in [5, 5.41) is 19.3. The quantitative estimate of drug-likeness (QED) is 0.388. The number of piperazine rings is 1. The van der Waals surface area contributed by atoms with Gasteiger partial charge in [-0.05, 0) is 40.2 Å². The fourth-order valence-corrected chi connectivity index (χ4v) is 5.07. The zero-order valence-electron chi connectivity index (χ0n) is 18.9. The molecule has 10 nitrogen and oxygen atoms in total. The van der Waals surface area contributed by atoms with Crippen molar-refractivity contribution in [3.05, 3.63) is 59.1 Å². The van der Waals surface area contributed by atoms with Crippen molar-refractivity contribution in [2.45, 2.75) is 18.6 Å². The van der Waals surface area contributed by atoms with Gasteiger partial charge >= 0.3 is 6.09 Å². The van der Waals surface area contributed by atoms with Crippen LogP contribution < -0.4 is 15.1 Å². The second-order valence-electron chi connectivity index (χ2n) is 8.52. The summed E-state index contributed by atoms with van der Waals surface area (Å²) in [6, 6.07) is 15.7. The Balaban J connectivity index is 1.52. The van der Waals surface area contributed by atoms with Crippen LogP contribution in [0.5, 0.6) is 5.75 Å². The van der Waals surface area contributed by atoms with E-state index in [1.54, 1.807) is 28.6 Å². The highest BCUT2D eigenvalue weighted by molar-refractivity contribution is 9.10. The molecular weight excluding hydrogens is 520 g/mol. The zero-order chi connectivity index (χ0) is 24.9. The molecule has 0 radical (unpaired) electrons. The van der Waals surface area contributed by atoms with Crippen molar-refractivity contribution >= 4 is 39.5 Å². The van der Waals surface area contributed by atoms with E-state index in [4.69, 9.17) is 4.74 Å². The number of carbonyl (C=O) groups is 3. The lowest BCUT2D eigenvalue weighted by Crippen LogP contribution is -2.64. The SMILES string of the molecule is O=C(NO)[C@H]1C[C@H](Oc2ccccc2Br)CN(C(=O)O)[C@@H]1C(=O)N1CCN(c2ccccc2)CC1. The maximum atomic E-state index is 13.6. The summed E-state index contributed by atoms with van der Waals surface area (Å²) >= 11 is 3.39. The van der Waals surface area contributed by atoms with Crippen molar-refractivity contribution in [1.82, 2.24) is 15.3 Å². The van der Waals surface area contributed by atoms with Gasteiger partial charge in [-0.1, -0.05) is 30.3 Å². The molecule has 3 atom stereocenters. The first-order valence-corrected chi connectivity index (χ1v) is 12.1. The summed E-state index contributed by atoms with van der Waals surface area (Å²) < 4.78 is 6.66. The monoisotopic (exact) mass is 546 g/mol. The zero-order valence-corrected chi connectivity index (χ0v) is 20.5. The lowest BCUT2D eigenvalue weighted by atomic mass is 9.86. The largest absolute Gasteiger partial charge is 0.487 e. The third-order valence-electron chi connectivity index (χ3n) is 6.42. The number of benzene rings is 2. The van der Waals surface area contributed by atoms with Crippen LogP contribution >= 0.6 is 15.9 Å². The van der Waals surface area contributed by atoms with Crippen LogP contribution in [0, 0.1) is 5.92 Å². The van der Waals surface area contributed by atoms with E-state index >= 15 is 0 Å². The van der Waals surface area contributed by atoms with Gasteiger partial charge in [0.05, 0.1) is 16.9 Å². The number of hydroxylamine groups is 1. The summed E-state index contributed by atoms with van der Waals surface area (Å²) in [6.45, 7) is 1.86. The third-order valence-corrected chi connectivity index (χ3v) is 7.08. The van der Waals surface area contributed by atoms with Crippen LogP contribution in [0.15, 0.2) is 59.1 Å². The molecule has 2 aromatic carbocycles. The highest BCUT2D eigenvalue weighted by Crippen LogP contribution is 2.32. The standard InChI is InChI=1S/C24H27BrN4O6/c25-19-8-4-5-9-20(19)35-17-14-18(22(30)26-34)21(29(15-17)24(32)33)23(31)28-12-10-27(11-13-28)16-6-2-1-3-7-16/h1-9,17-18,21,34H,10-15H2,(H,26,30)(H,32,33)/t17-,18-,21-/m0/s1. The number of hydrogen-bond donors (Lipinski definition) is 3. The van der Waals surface area contributed by atoms with Crippen molar-refractivity contribution < 1.29 is 29.4 Å². The van der Waals surface area contributed by atoms with Gasteiger partial charge in [0.2, 0.25) is 11.8 Å². The summed E-state index contributed by atoms with van der Waals surface area (Å²) in [6.07, 6.45) is -1.95. The Bertz CT molecular complexity index is 1060. The highest BCUT2D eigenvalue weighted by Gasteiger charge is 2.48. The van der Waals surface area contributed by atoms with Gasteiger partial charge in [-0.25, -0.2) is 10.3 Å². The van der Waals surface area contributed by atoms with E-state index < -0.39 is 36.0 Å². The molecule has 0 aromatic heterocycles. The molecular formula is C24H27BrN4O6. The Kier molecular flexibility index (Phi) is 7.76. The average Bonchev–Trinajstić information content (AvgIpc) is 2.89. The van der Waals surface area contributed by atoms with Crippen molar-refractivity contribution in [2.75, 3.05) is 37.6 Å². The van der Waals surface area contributed by atoms with E-state index in [0.29, 0.717) is 36.4 Å². The van der Waals surface area contributed by atoms with Crippen LogP contribution in [0.2, 0.25) is 0 Å². The third kappa shape index (κ3) is 5.51. The number of halogens is 1. The second kappa shape index (κ2) is 11.0. The number of rotatable bonds is 5. The number of amides is 3.